The van der Waals surface area contributed by atoms with Crippen LogP contribution in [0.1, 0.15) is 40.0 Å². The van der Waals surface area contributed by atoms with E-state index in [1.54, 1.807) is 0 Å². The van der Waals surface area contributed by atoms with Crippen molar-refractivity contribution >= 4 is 0 Å². The maximum atomic E-state index is 12.1. The van der Waals surface area contributed by atoms with Gasteiger partial charge in [0.1, 0.15) is 0 Å². The van der Waals surface area contributed by atoms with Crippen molar-refractivity contribution in [1.29, 1.82) is 0 Å². The second-order valence-corrected chi connectivity index (χ2v) is 3.86. The molecule has 98 valence electrons. The zero-order valence-corrected chi connectivity index (χ0v) is 10.2. The van der Waals surface area contributed by atoms with Gasteiger partial charge in [-0.05, 0) is 32.7 Å². The number of rotatable bonds is 8. The van der Waals surface area contributed by atoms with E-state index >= 15 is 0 Å². The highest BCUT2D eigenvalue weighted by molar-refractivity contribution is 4.64. The Hall–Kier alpha value is -0.290. The Kier molecular flexibility index (Phi) is 7.76. The summed E-state index contributed by atoms with van der Waals surface area (Å²) in [5.41, 5.74) is 0. The summed E-state index contributed by atoms with van der Waals surface area (Å²) < 4.78 is 41.0. The highest BCUT2D eigenvalue weighted by Gasteiger charge is 2.36. The molecule has 5 heteroatoms. The number of hydrogen-bond acceptors (Lipinski definition) is 2. The van der Waals surface area contributed by atoms with Gasteiger partial charge >= 0.3 is 6.18 Å². The zero-order chi connectivity index (χ0) is 12.6. The topological polar surface area (TPSA) is 21.3 Å². The second kappa shape index (κ2) is 7.90. The molecular formula is C11H22F3NO. The van der Waals surface area contributed by atoms with Gasteiger partial charge in [-0.1, -0.05) is 13.8 Å². The quantitative estimate of drug-likeness (QED) is 0.659. The SMILES string of the molecule is CCNC(CC)CCCOC(C)C(F)(F)F. The van der Waals surface area contributed by atoms with E-state index in [0.717, 1.165) is 26.3 Å². The average molecular weight is 241 g/mol. The second-order valence-electron chi connectivity index (χ2n) is 3.86. The summed E-state index contributed by atoms with van der Waals surface area (Å²) in [6, 6.07) is 0.384. The molecule has 0 aliphatic heterocycles. The lowest BCUT2D eigenvalue weighted by atomic mass is 10.1. The van der Waals surface area contributed by atoms with Gasteiger partial charge in [0.2, 0.25) is 0 Å². The van der Waals surface area contributed by atoms with Crippen molar-refractivity contribution in [2.45, 2.75) is 58.4 Å². The minimum Gasteiger partial charge on any atom is -0.369 e. The summed E-state index contributed by atoms with van der Waals surface area (Å²) in [6.07, 6.45) is -3.40. The summed E-state index contributed by atoms with van der Waals surface area (Å²) >= 11 is 0. The summed E-state index contributed by atoms with van der Waals surface area (Å²) in [4.78, 5) is 0. The molecule has 0 fully saturated rings. The van der Waals surface area contributed by atoms with Crippen molar-refractivity contribution in [1.82, 2.24) is 5.32 Å². The molecule has 0 aromatic rings. The maximum absolute atomic E-state index is 12.1. The summed E-state index contributed by atoms with van der Waals surface area (Å²) in [5.74, 6) is 0. The van der Waals surface area contributed by atoms with E-state index in [0.29, 0.717) is 12.5 Å². The van der Waals surface area contributed by atoms with Crippen molar-refractivity contribution in [3.63, 3.8) is 0 Å². The highest BCUT2D eigenvalue weighted by Crippen LogP contribution is 2.22. The third-order valence-corrected chi connectivity index (χ3v) is 2.51. The van der Waals surface area contributed by atoms with Crippen LogP contribution in [0, 0.1) is 0 Å². The molecule has 0 saturated carbocycles. The number of halogens is 3. The van der Waals surface area contributed by atoms with Gasteiger partial charge in [0, 0.05) is 12.6 Å². The molecule has 0 rings (SSSR count). The molecule has 0 aromatic heterocycles. The summed E-state index contributed by atoms with van der Waals surface area (Å²) in [5, 5.41) is 3.27. The standard InChI is InChI=1S/C11H22F3NO/c1-4-10(15-5-2)7-6-8-16-9(3)11(12,13)14/h9-10,15H,4-8H2,1-3H3. The Morgan fingerprint density at radius 3 is 2.31 bits per heavy atom. The number of hydrogen-bond donors (Lipinski definition) is 1. The maximum Gasteiger partial charge on any atom is 0.414 e. The first-order chi connectivity index (χ1) is 7.41. The van der Waals surface area contributed by atoms with E-state index < -0.39 is 12.3 Å². The molecule has 0 amide bonds. The molecule has 0 spiro atoms. The first kappa shape index (κ1) is 15.7. The van der Waals surface area contributed by atoms with Crippen LogP contribution in [0.15, 0.2) is 0 Å². The molecule has 0 aliphatic rings. The minimum absolute atomic E-state index is 0.169. The molecule has 0 saturated heterocycles. The molecule has 0 aromatic carbocycles. The molecule has 2 atom stereocenters. The van der Waals surface area contributed by atoms with Gasteiger partial charge in [-0.25, -0.2) is 0 Å². The Labute approximate surface area is 95.5 Å². The molecule has 0 aliphatic carbocycles. The third-order valence-electron chi connectivity index (χ3n) is 2.51. The number of alkyl halides is 3. The summed E-state index contributed by atoms with van der Waals surface area (Å²) in [7, 11) is 0. The molecule has 0 radical (unpaired) electrons. The van der Waals surface area contributed by atoms with E-state index in [2.05, 4.69) is 12.2 Å². The first-order valence-corrected chi connectivity index (χ1v) is 5.83. The monoisotopic (exact) mass is 241 g/mol. The fourth-order valence-electron chi connectivity index (χ4n) is 1.42. The van der Waals surface area contributed by atoms with E-state index in [9.17, 15) is 13.2 Å². The van der Waals surface area contributed by atoms with Crippen LogP contribution in [0.2, 0.25) is 0 Å². The Morgan fingerprint density at radius 1 is 1.25 bits per heavy atom. The van der Waals surface area contributed by atoms with Gasteiger partial charge < -0.3 is 10.1 Å². The number of nitrogens with one attached hydrogen (secondary N) is 1. The average Bonchev–Trinajstić information content (AvgIpc) is 2.20. The fourth-order valence-corrected chi connectivity index (χ4v) is 1.42. The zero-order valence-electron chi connectivity index (χ0n) is 10.2. The van der Waals surface area contributed by atoms with Crippen molar-refractivity contribution in [2.24, 2.45) is 0 Å². The highest BCUT2D eigenvalue weighted by atomic mass is 19.4. The van der Waals surface area contributed by atoms with Crippen LogP contribution < -0.4 is 5.32 Å². The number of ether oxygens (including phenoxy) is 1. The minimum atomic E-state index is -4.24. The van der Waals surface area contributed by atoms with Gasteiger partial charge in [-0.15, -0.1) is 0 Å². The lowest BCUT2D eigenvalue weighted by Gasteiger charge is -2.18. The van der Waals surface area contributed by atoms with Crippen LogP contribution in [-0.2, 0) is 4.74 Å². The summed E-state index contributed by atoms with van der Waals surface area (Å²) in [6.45, 7) is 6.18. The molecule has 2 nitrogen and oxygen atoms in total. The van der Waals surface area contributed by atoms with Crippen LogP contribution >= 0.6 is 0 Å². The van der Waals surface area contributed by atoms with Gasteiger partial charge in [0.15, 0.2) is 6.10 Å². The third kappa shape index (κ3) is 7.06. The largest absolute Gasteiger partial charge is 0.414 e. The van der Waals surface area contributed by atoms with Gasteiger partial charge in [0.25, 0.3) is 0 Å². The van der Waals surface area contributed by atoms with Crippen LogP contribution in [0.5, 0.6) is 0 Å². The van der Waals surface area contributed by atoms with Crippen LogP contribution in [0.3, 0.4) is 0 Å². The lowest BCUT2D eigenvalue weighted by Crippen LogP contribution is -2.30. The first-order valence-electron chi connectivity index (χ1n) is 5.83. The fraction of sp³-hybridized carbons (Fsp3) is 1.00. The molecule has 16 heavy (non-hydrogen) atoms. The van der Waals surface area contributed by atoms with Gasteiger partial charge in [-0.2, -0.15) is 13.2 Å². The predicted octanol–water partition coefficient (Wildman–Crippen LogP) is 3.12. The van der Waals surface area contributed by atoms with Crippen molar-refractivity contribution in [3.05, 3.63) is 0 Å². The Balaban J connectivity index is 3.59. The van der Waals surface area contributed by atoms with Crippen molar-refractivity contribution in [3.8, 4) is 0 Å². The predicted molar refractivity (Wildman–Crippen MR) is 58.5 cm³/mol. The van der Waals surface area contributed by atoms with E-state index in [1.807, 2.05) is 6.92 Å². The van der Waals surface area contributed by atoms with Crippen molar-refractivity contribution < 1.29 is 17.9 Å². The van der Waals surface area contributed by atoms with E-state index in [4.69, 9.17) is 4.74 Å². The van der Waals surface area contributed by atoms with Crippen LogP contribution in [-0.4, -0.2) is 31.5 Å². The van der Waals surface area contributed by atoms with E-state index in [1.165, 1.54) is 0 Å². The normalized spacial score (nSPS) is 16.1. The Bertz CT molecular complexity index is 173. The van der Waals surface area contributed by atoms with Gasteiger partial charge in [0.05, 0.1) is 0 Å². The molecule has 0 heterocycles. The molecule has 0 bridgehead atoms. The van der Waals surface area contributed by atoms with Crippen molar-refractivity contribution in [2.75, 3.05) is 13.2 Å². The Morgan fingerprint density at radius 2 is 1.88 bits per heavy atom. The molecule has 1 N–H and O–H groups in total. The van der Waals surface area contributed by atoms with Crippen LogP contribution in [0.4, 0.5) is 13.2 Å². The molecular weight excluding hydrogens is 219 g/mol. The smallest absolute Gasteiger partial charge is 0.369 e. The van der Waals surface area contributed by atoms with Gasteiger partial charge in [-0.3, -0.25) is 0 Å². The lowest BCUT2D eigenvalue weighted by molar-refractivity contribution is -0.214. The van der Waals surface area contributed by atoms with Crippen LogP contribution in [0.25, 0.3) is 0 Å². The van der Waals surface area contributed by atoms with E-state index in [-0.39, 0.29) is 6.61 Å². The molecule has 2 unspecified atom stereocenters.